The van der Waals surface area contributed by atoms with Crippen molar-refractivity contribution in [1.29, 1.82) is 0 Å². The van der Waals surface area contributed by atoms with E-state index in [4.69, 9.17) is 9.82 Å². The third kappa shape index (κ3) is 6.52. The molecule has 0 saturated carbocycles. The summed E-state index contributed by atoms with van der Waals surface area (Å²) in [6, 6.07) is 5.74. The molecule has 1 amide bonds. The summed E-state index contributed by atoms with van der Waals surface area (Å²) in [5, 5.41) is 4.86. The summed E-state index contributed by atoms with van der Waals surface area (Å²) in [7, 11) is 1.33. The van der Waals surface area contributed by atoms with E-state index >= 15 is 0 Å². The number of piperidine rings is 2. The smallest absolute Gasteiger partial charge is 0.436 e. The molecule has 9 nitrogen and oxygen atoms in total. The number of benzene rings is 1. The molecule has 3 heterocycles. The van der Waals surface area contributed by atoms with Crippen LogP contribution in [0.3, 0.4) is 0 Å². The van der Waals surface area contributed by atoms with Gasteiger partial charge in [-0.3, -0.25) is 4.79 Å². The molecule has 2 aliphatic rings. The summed E-state index contributed by atoms with van der Waals surface area (Å²) < 4.78 is 4.56. The van der Waals surface area contributed by atoms with Gasteiger partial charge in [0.15, 0.2) is 0 Å². The van der Waals surface area contributed by atoms with Crippen LogP contribution in [0, 0.1) is 11.8 Å². The van der Waals surface area contributed by atoms with Gasteiger partial charge in [-0.1, -0.05) is 26.8 Å². The number of hydroxylamine groups is 2. The molecule has 2 N–H and O–H groups in total. The van der Waals surface area contributed by atoms with E-state index in [1.807, 2.05) is 18.2 Å². The topological polar surface area (TPSA) is 99.8 Å². The van der Waals surface area contributed by atoms with Gasteiger partial charge >= 0.3 is 6.16 Å². The molecule has 192 valence electrons. The van der Waals surface area contributed by atoms with Gasteiger partial charge in [-0.05, 0) is 62.7 Å². The number of ether oxygens (including phenoxy) is 1. The monoisotopic (exact) mass is 485 g/mol. The first-order chi connectivity index (χ1) is 16.7. The van der Waals surface area contributed by atoms with Gasteiger partial charge in [0.1, 0.15) is 11.3 Å². The fourth-order valence-electron chi connectivity index (χ4n) is 4.97. The Bertz CT molecular complexity index is 1010. The van der Waals surface area contributed by atoms with Crippen LogP contribution in [0.4, 0.5) is 4.79 Å². The van der Waals surface area contributed by atoms with E-state index < -0.39 is 6.16 Å². The first-order valence-corrected chi connectivity index (χ1v) is 12.7. The molecule has 0 unspecified atom stereocenters. The molecule has 4 rings (SSSR count). The molecular formula is C26H39N5O4. The van der Waals surface area contributed by atoms with Crippen LogP contribution >= 0.6 is 0 Å². The zero-order chi connectivity index (χ0) is 25.0. The zero-order valence-electron chi connectivity index (χ0n) is 21.4. The van der Waals surface area contributed by atoms with Crippen LogP contribution < -0.4 is 5.32 Å². The van der Waals surface area contributed by atoms with Crippen LogP contribution in [-0.4, -0.2) is 78.4 Å². The highest BCUT2D eigenvalue weighted by atomic mass is 16.8. The van der Waals surface area contributed by atoms with E-state index in [2.05, 4.69) is 40.7 Å². The molecule has 0 atom stereocenters. The van der Waals surface area contributed by atoms with Gasteiger partial charge in [-0.2, -0.15) is 0 Å². The molecule has 9 heteroatoms. The van der Waals surface area contributed by atoms with E-state index in [1.165, 1.54) is 7.11 Å². The minimum absolute atomic E-state index is 0.0501. The summed E-state index contributed by atoms with van der Waals surface area (Å²) in [5.74, 6) is 1.96. The molecule has 1 aromatic heterocycles. The highest BCUT2D eigenvalue weighted by Crippen LogP contribution is 2.25. The van der Waals surface area contributed by atoms with Crippen LogP contribution in [0.2, 0.25) is 0 Å². The van der Waals surface area contributed by atoms with Crippen molar-refractivity contribution in [2.75, 3.05) is 46.4 Å². The van der Waals surface area contributed by atoms with Gasteiger partial charge in [0.2, 0.25) is 0 Å². The first kappa shape index (κ1) is 25.4. The van der Waals surface area contributed by atoms with Gasteiger partial charge in [-0.25, -0.2) is 9.78 Å². The third-order valence-electron chi connectivity index (χ3n) is 7.19. The van der Waals surface area contributed by atoms with Gasteiger partial charge < -0.3 is 24.8 Å². The van der Waals surface area contributed by atoms with E-state index in [9.17, 15) is 9.59 Å². The Morgan fingerprint density at radius 2 is 1.77 bits per heavy atom. The molecule has 2 aliphatic heterocycles. The van der Waals surface area contributed by atoms with Crippen molar-refractivity contribution < 1.29 is 19.2 Å². The number of hydrogen-bond acceptors (Lipinski definition) is 7. The zero-order valence-corrected chi connectivity index (χ0v) is 21.4. The van der Waals surface area contributed by atoms with Crippen molar-refractivity contribution >= 4 is 23.1 Å². The number of carbonyl (C=O) groups is 2. The van der Waals surface area contributed by atoms with E-state index in [0.717, 1.165) is 75.3 Å². The quantitative estimate of drug-likeness (QED) is 0.602. The average Bonchev–Trinajstić information content (AvgIpc) is 3.30. The van der Waals surface area contributed by atoms with Crippen LogP contribution in [0.1, 0.15) is 62.6 Å². The van der Waals surface area contributed by atoms with Crippen molar-refractivity contribution in [3.8, 4) is 0 Å². The number of likely N-dealkylation sites (tertiary alicyclic amines) is 1. The number of H-pyrrole nitrogens is 1. The van der Waals surface area contributed by atoms with Gasteiger partial charge in [-0.15, -0.1) is 5.06 Å². The molecule has 0 spiro atoms. The number of carbonyl (C=O) groups excluding carboxylic acids is 2. The molecule has 2 aromatic rings. The molecule has 2 saturated heterocycles. The van der Waals surface area contributed by atoms with Gasteiger partial charge in [0.25, 0.3) is 5.91 Å². The maximum absolute atomic E-state index is 13.0. The van der Waals surface area contributed by atoms with E-state index in [-0.39, 0.29) is 11.3 Å². The molecule has 1 aromatic carbocycles. The summed E-state index contributed by atoms with van der Waals surface area (Å²) in [4.78, 5) is 40.0. The number of aromatic nitrogens is 2. The standard InChI is InChI=1S/C26H39N5O4/c1-26(2,3)24-28-21-7-5-6-20(22(21)29-24)23(32)27-16-18-8-12-30(13-9-18)17-19-10-14-31(15-11-19)35-25(33)34-4/h5-7,18-19H,8-17H2,1-4H3,(H,27,32)(H,28,29). The Morgan fingerprint density at radius 1 is 1.09 bits per heavy atom. The van der Waals surface area contributed by atoms with Crippen LogP contribution in [-0.2, 0) is 15.0 Å². The number of hydrogen-bond donors (Lipinski definition) is 2. The minimum Gasteiger partial charge on any atom is -0.436 e. The fourth-order valence-corrected chi connectivity index (χ4v) is 4.97. The number of nitrogens with one attached hydrogen (secondary N) is 2. The molecule has 0 radical (unpaired) electrons. The summed E-state index contributed by atoms with van der Waals surface area (Å²) in [5.41, 5.74) is 2.18. The highest BCUT2D eigenvalue weighted by Gasteiger charge is 2.27. The number of fused-ring (bicyclic) bond motifs is 1. The second-order valence-corrected chi connectivity index (χ2v) is 10.9. The van der Waals surface area contributed by atoms with Crippen molar-refractivity contribution in [3.05, 3.63) is 29.6 Å². The normalized spacial score (nSPS) is 19.1. The highest BCUT2D eigenvalue weighted by molar-refractivity contribution is 6.04. The number of para-hydroxylation sites is 1. The molecule has 35 heavy (non-hydrogen) atoms. The van der Waals surface area contributed by atoms with Crippen molar-refractivity contribution in [1.82, 2.24) is 25.2 Å². The van der Waals surface area contributed by atoms with E-state index in [0.29, 0.717) is 23.9 Å². The predicted molar refractivity (Wildman–Crippen MR) is 134 cm³/mol. The van der Waals surface area contributed by atoms with Crippen molar-refractivity contribution in [2.45, 2.75) is 51.9 Å². The average molecular weight is 486 g/mol. The number of nitrogens with zero attached hydrogens (tertiary/aromatic N) is 3. The van der Waals surface area contributed by atoms with Crippen molar-refractivity contribution in [3.63, 3.8) is 0 Å². The Morgan fingerprint density at radius 3 is 2.43 bits per heavy atom. The van der Waals surface area contributed by atoms with Crippen LogP contribution in [0.25, 0.3) is 11.0 Å². The van der Waals surface area contributed by atoms with Gasteiger partial charge in [0, 0.05) is 31.6 Å². The molecule has 0 aliphatic carbocycles. The number of imidazole rings is 1. The summed E-state index contributed by atoms with van der Waals surface area (Å²) in [6.07, 6.45) is 3.57. The molecular weight excluding hydrogens is 446 g/mol. The second-order valence-electron chi connectivity index (χ2n) is 10.9. The van der Waals surface area contributed by atoms with Gasteiger partial charge in [0.05, 0.1) is 18.2 Å². The number of rotatable bonds is 6. The summed E-state index contributed by atoms with van der Waals surface area (Å²) >= 11 is 0. The Hall–Kier alpha value is -2.65. The lowest BCUT2D eigenvalue weighted by Crippen LogP contribution is -2.43. The molecule has 0 bridgehead atoms. The SMILES string of the molecule is COC(=O)ON1CCC(CN2CCC(CNC(=O)c3cccc4[nH]c(C(C)(C)C)nc34)CC2)CC1. The maximum atomic E-state index is 13.0. The second kappa shape index (κ2) is 11.0. The minimum atomic E-state index is -0.645. The fraction of sp³-hybridized carbons (Fsp3) is 0.654. The number of aromatic amines is 1. The third-order valence-corrected chi connectivity index (χ3v) is 7.19. The summed E-state index contributed by atoms with van der Waals surface area (Å²) in [6.45, 7) is 11.7. The lowest BCUT2D eigenvalue weighted by atomic mass is 9.93. The number of amides is 1. The Balaban J connectivity index is 1.21. The van der Waals surface area contributed by atoms with Crippen molar-refractivity contribution in [2.24, 2.45) is 11.8 Å². The van der Waals surface area contributed by atoms with Crippen LogP contribution in [0.15, 0.2) is 18.2 Å². The lowest BCUT2D eigenvalue weighted by Gasteiger charge is -2.37. The van der Waals surface area contributed by atoms with Crippen LogP contribution in [0.5, 0.6) is 0 Å². The van der Waals surface area contributed by atoms with E-state index in [1.54, 1.807) is 5.06 Å². The maximum Gasteiger partial charge on any atom is 0.527 e. The lowest BCUT2D eigenvalue weighted by molar-refractivity contribution is -0.140. The predicted octanol–water partition coefficient (Wildman–Crippen LogP) is 3.71. The molecule has 2 fully saturated rings. The Kier molecular flexibility index (Phi) is 7.96. The largest absolute Gasteiger partial charge is 0.527 e. The number of methoxy groups -OCH3 is 1. The Labute approximate surface area is 207 Å². The first-order valence-electron chi connectivity index (χ1n) is 12.7.